The summed E-state index contributed by atoms with van der Waals surface area (Å²) in [6.45, 7) is 2.03. The van der Waals surface area contributed by atoms with Crippen molar-refractivity contribution in [3.8, 4) is 5.75 Å². The molecule has 1 aromatic rings. The van der Waals surface area contributed by atoms with E-state index in [1.807, 2.05) is 12.1 Å². The monoisotopic (exact) mass is 329 g/mol. The van der Waals surface area contributed by atoms with Crippen molar-refractivity contribution in [3.05, 3.63) is 28.2 Å². The van der Waals surface area contributed by atoms with Gasteiger partial charge < -0.3 is 10.1 Å². The Bertz CT molecular complexity index is 380. The van der Waals surface area contributed by atoms with E-state index < -0.39 is 0 Å². The van der Waals surface area contributed by atoms with Crippen LogP contribution in [0.25, 0.3) is 0 Å². The number of methoxy groups -OCH3 is 1. The highest BCUT2D eigenvalue weighted by Crippen LogP contribution is 2.24. The maximum absolute atomic E-state index is 5.25. The molecule has 100 valence electrons. The van der Waals surface area contributed by atoms with Crippen molar-refractivity contribution in [1.82, 2.24) is 5.32 Å². The van der Waals surface area contributed by atoms with Crippen molar-refractivity contribution >= 4 is 27.7 Å². The summed E-state index contributed by atoms with van der Waals surface area (Å²) in [5.74, 6) is 4.43. The van der Waals surface area contributed by atoms with E-state index in [-0.39, 0.29) is 0 Å². The van der Waals surface area contributed by atoms with E-state index in [1.54, 1.807) is 7.11 Å². The zero-order valence-corrected chi connectivity index (χ0v) is 13.1. The number of hydrogen-bond acceptors (Lipinski definition) is 3. The molecule has 4 heteroatoms. The van der Waals surface area contributed by atoms with Crippen LogP contribution in [-0.4, -0.2) is 25.2 Å². The Labute approximate surface area is 122 Å². The van der Waals surface area contributed by atoms with Crippen LogP contribution < -0.4 is 10.1 Å². The molecule has 0 amide bonds. The van der Waals surface area contributed by atoms with Crippen molar-refractivity contribution in [2.24, 2.45) is 5.92 Å². The summed E-state index contributed by atoms with van der Waals surface area (Å²) in [6.07, 6.45) is 2.72. The van der Waals surface area contributed by atoms with Crippen LogP contribution in [0.1, 0.15) is 18.4 Å². The lowest BCUT2D eigenvalue weighted by Gasteiger charge is -2.21. The quantitative estimate of drug-likeness (QED) is 0.890. The molecule has 2 nitrogen and oxygen atoms in total. The highest BCUT2D eigenvalue weighted by molar-refractivity contribution is 9.10. The van der Waals surface area contributed by atoms with Gasteiger partial charge in [-0.3, -0.25) is 0 Å². The molecule has 1 aliphatic heterocycles. The first kappa shape index (κ1) is 14.2. The first-order chi connectivity index (χ1) is 8.79. The van der Waals surface area contributed by atoms with Gasteiger partial charge in [0.2, 0.25) is 0 Å². The number of benzene rings is 1. The second-order valence-corrected chi connectivity index (χ2v) is 6.72. The number of rotatable bonds is 5. The van der Waals surface area contributed by atoms with Gasteiger partial charge in [-0.15, -0.1) is 0 Å². The molecule has 0 spiro atoms. The first-order valence-electron chi connectivity index (χ1n) is 6.40. The topological polar surface area (TPSA) is 21.3 Å². The van der Waals surface area contributed by atoms with Gasteiger partial charge in [0.1, 0.15) is 5.75 Å². The summed E-state index contributed by atoms with van der Waals surface area (Å²) in [5.41, 5.74) is 1.26. The van der Waals surface area contributed by atoms with Gasteiger partial charge in [-0.25, -0.2) is 0 Å². The van der Waals surface area contributed by atoms with Crippen molar-refractivity contribution in [2.45, 2.75) is 19.4 Å². The van der Waals surface area contributed by atoms with E-state index in [0.717, 1.165) is 29.2 Å². The van der Waals surface area contributed by atoms with Gasteiger partial charge in [0.25, 0.3) is 0 Å². The van der Waals surface area contributed by atoms with Crippen LogP contribution >= 0.6 is 27.7 Å². The molecular formula is C14H20BrNOS. The lowest BCUT2D eigenvalue weighted by atomic mass is 10.0. The molecule has 1 aromatic carbocycles. The number of nitrogens with one attached hydrogen (secondary N) is 1. The van der Waals surface area contributed by atoms with Crippen LogP contribution in [0.15, 0.2) is 22.7 Å². The maximum Gasteiger partial charge on any atom is 0.119 e. The first-order valence-corrected chi connectivity index (χ1v) is 8.35. The molecule has 0 aromatic heterocycles. The van der Waals surface area contributed by atoms with E-state index in [0.29, 0.717) is 0 Å². The zero-order chi connectivity index (χ0) is 12.8. The van der Waals surface area contributed by atoms with Gasteiger partial charge in [0.15, 0.2) is 0 Å². The average molecular weight is 330 g/mol. The third kappa shape index (κ3) is 4.18. The van der Waals surface area contributed by atoms with Gasteiger partial charge in [-0.05, 0) is 60.6 Å². The molecule has 0 bridgehead atoms. The molecule has 0 radical (unpaired) electrons. The highest BCUT2D eigenvalue weighted by atomic mass is 79.9. The molecule has 1 heterocycles. The summed E-state index contributed by atoms with van der Waals surface area (Å²) < 4.78 is 6.40. The van der Waals surface area contributed by atoms with Crippen LogP contribution in [0.5, 0.6) is 5.75 Å². The van der Waals surface area contributed by atoms with Gasteiger partial charge in [-0.1, -0.05) is 15.9 Å². The standard InChI is InChI=1S/C14H20BrNOS/c1-17-13-2-3-14(15)12(8-13)10-16-9-11-4-6-18-7-5-11/h2-3,8,11,16H,4-7,9-10H2,1H3. The van der Waals surface area contributed by atoms with Crippen molar-refractivity contribution in [1.29, 1.82) is 0 Å². The normalized spacial score (nSPS) is 16.8. The largest absolute Gasteiger partial charge is 0.497 e. The fourth-order valence-corrected chi connectivity index (χ4v) is 3.77. The van der Waals surface area contributed by atoms with Crippen molar-refractivity contribution in [2.75, 3.05) is 25.2 Å². The molecule has 1 N–H and O–H groups in total. The summed E-state index contributed by atoms with van der Waals surface area (Å²) >= 11 is 5.67. The lowest BCUT2D eigenvalue weighted by molar-refractivity contribution is 0.413. The Hall–Kier alpha value is -0.190. The second kappa shape index (κ2) is 7.41. The molecule has 1 aliphatic rings. The molecular weight excluding hydrogens is 310 g/mol. The Balaban J connectivity index is 1.81. The van der Waals surface area contributed by atoms with E-state index in [2.05, 4.69) is 39.1 Å². The number of halogens is 1. The van der Waals surface area contributed by atoms with E-state index in [9.17, 15) is 0 Å². The molecule has 18 heavy (non-hydrogen) atoms. The summed E-state index contributed by atoms with van der Waals surface area (Å²) in [7, 11) is 1.71. The minimum atomic E-state index is 0.857. The molecule has 0 saturated carbocycles. The summed E-state index contributed by atoms with van der Waals surface area (Å²) in [4.78, 5) is 0. The van der Waals surface area contributed by atoms with E-state index in [4.69, 9.17) is 4.74 Å². The maximum atomic E-state index is 5.25. The van der Waals surface area contributed by atoms with Crippen LogP contribution in [0.2, 0.25) is 0 Å². The smallest absolute Gasteiger partial charge is 0.119 e. The van der Waals surface area contributed by atoms with Crippen LogP contribution in [0.4, 0.5) is 0 Å². The number of thioether (sulfide) groups is 1. The van der Waals surface area contributed by atoms with E-state index >= 15 is 0 Å². The molecule has 0 atom stereocenters. The zero-order valence-electron chi connectivity index (χ0n) is 10.7. The third-order valence-corrected chi connectivity index (χ3v) is 5.16. The van der Waals surface area contributed by atoms with Crippen LogP contribution in [-0.2, 0) is 6.54 Å². The molecule has 0 aliphatic carbocycles. The van der Waals surface area contributed by atoms with Gasteiger partial charge >= 0.3 is 0 Å². The highest BCUT2D eigenvalue weighted by Gasteiger charge is 2.13. The fraction of sp³-hybridized carbons (Fsp3) is 0.571. The second-order valence-electron chi connectivity index (χ2n) is 4.64. The minimum Gasteiger partial charge on any atom is -0.497 e. The Morgan fingerprint density at radius 2 is 2.17 bits per heavy atom. The SMILES string of the molecule is COc1ccc(Br)c(CNCC2CCSCC2)c1. The predicted octanol–water partition coefficient (Wildman–Crippen LogP) is 3.69. The third-order valence-electron chi connectivity index (χ3n) is 3.34. The fourth-order valence-electron chi connectivity index (χ4n) is 2.18. The van der Waals surface area contributed by atoms with Crippen LogP contribution in [0, 0.1) is 5.92 Å². The Kier molecular flexibility index (Phi) is 5.86. The summed E-state index contributed by atoms with van der Waals surface area (Å²) in [5, 5.41) is 3.57. The average Bonchev–Trinajstić information content (AvgIpc) is 2.42. The predicted molar refractivity (Wildman–Crippen MR) is 82.4 cm³/mol. The van der Waals surface area contributed by atoms with Crippen LogP contribution in [0.3, 0.4) is 0 Å². The number of ether oxygens (including phenoxy) is 1. The van der Waals surface area contributed by atoms with Crippen molar-refractivity contribution < 1.29 is 4.74 Å². The molecule has 0 unspecified atom stereocenters. The van der Waals surface area contributed by atoms with Gasteiger partial charge in [0, 0.05) is 11.0 Å². The van der Waals surface area contributed by atoms with Crippen molar-refractivity contribution in [3.63, 3.8) is 0 Å². The molecule has 1 saturated heterocycles. The Morgan fingerprint density at radius 1 is 1.39 bits per heavy atom. The summed E-state index contributed by atoms with van der Waals surface area (Å²) in [6, 6.07) is 6.12. The number of hydrogen-bond donors (Lipinski definition) is 1. The van der Waals surface area contributed by atoms with Gasteiger partial charge in [-0.2, -0.15) is 11.8 Å². The van der Waals surface area contributed by atoms with E-state index in [1.165, 1.54) is 29.9 Å². The molecule has 1 fully saturated rings. The Morgan fingerprint density at radius 3 is 2.89 bits per heavy atom. The minimum absolute atomic E-state index is 0.857. The molecule has 2 rings (SSSR count). The lowest BCUT2D eigenvalue weighted by Crippen LogP contribution is -2.25. The van der Waals surface area contributed by atoms with Gasteiger partial charge in [0.05, 0.1) is 7.11 Å².